The summed E-state index contributed by atoms with van der Waals surface area (Å²) in [5.41, 5.74) is 2.29. The Labute approximate surface area is 92.4 Å². The first-order valence-corrected chi connectivity index (χ1v) is 7.01. The molecule has 0 atom stereocenters. The smallest absolute Gasteiger partial charge is 0.0810 e. The van der Waals surface area contributed by atoms with Crippen LogP contribution in [0.3, 0.4) is 0 Å². The molecule has 0 aromatic rings. The SMILES string of the molecule is CCN(CC)C(C=C[SiH3])N(CC)CC. The lowest BCUT2D eigenvalue weighted by molar-refractivity contribution is 0.0928. The first-order valence-electron chi connectivity index (χ1n) is 5.85. The average molecular weight is 214 g/mol. The first kappa shape index (κ1) is 13.9. The second kappa shape index (κ2) is 8.21. The van der Waals surface area contributed by atoms with Crippen molar-refractivity contribution in [2.45, 2.75) is 33.9 Å². The van der Waals surface area contributed by atoms with Crippen LogP contribution < -0.4 is 0 Å². The van der Waals surface area contributed by atoms with Crippen LogP contribution in [0.4, 0.5) is 0 Å². The van der Waals surface area contributed by atoms with Gasteiger partial charge in [-0.25, -0.2) is 0 Å². The van der Waals surface area contributed by atoms with E-state index in [1.807, 2.05) is 0 Å². The van der Waals surface area contributed by atoms with Crippen molar-refractivity contribution in [1.29, 1.82) is 0 Å². The van der Waals surface area contributed by atoms with Gasteiger partial charge in [0.15, 0.2) is 0 Å². The van der Waals surface area contributed by atoms with E-state index in [2.05, 4.69) is 49.3 Å². The second-order valence-corrected chi connectivity index (χ2v) is 4.05. The fourth-order valence-electron chi connectivity index (χ4n) is 1.84. The fourth-order valence-corrected chi connectivity index (χ4v) is 2.19. The summed E-state index contributed by atoms with van der Waals surface area (Å²) < 4.78 is 0. The molecule has 0 bridgehead atoms. The Morgan fingerprint density at radius 1 is 0.929 bits per heavy atom. The summed E-state index contributed by atoms with van der Waals surface area (Å²) in [6.45, 7) is 13.5. The maximum atomic E-state index is 2.50. The summed E-state index contributed by atoms with van der Waals surface area (Å²) in [5.74, 6) is 0. The molecule has 84 valence electrons. The highest BCUT2D eigenvalue weighted by molar-refractivity contribution is 6.17. The summed E-state index contributed by atoms with van der Waals surface area (Å²) in [4.78, 5) is 5.00. The normalized spacial score (nSPS) is 12.8. The molecule has 0 aliphatic heterocycles. The molecule has 0 fully saturated rings. The van der Waals surface area contributed by atoms with Crippen LogP contribution in [0.15, 0.2) is 11.8 Å². The van der Waals surface area contributed by atoms with Crippen molar-refractivity contribution < 1.29 is 0 Å². The quantitative estimate of drug-likeness (QED) is 0.458. The molecule has 0 amide bonds. The van der Waals surface area contributed by atoms with Gasteiger partial charge in [-0.2, -0.15) is 0 Å². The van der Waals surface area contributed by atoms with Crippen molar-refractivity contribution in [3.8, 4) is 0 Å². The predicted octanol–water partition coefficient (Wildman–Crippen LogP) is 0.875. The molecule has 0 aromatic carbocycles. The summed E-state index contributed by atoms with van der Waals surface area (Å²) in [5, 5.41) is 0. The van der Waals surface area contributed by atoms with Crippen molar-refractivity contribution in [3.63, 3.8) is 0 Å². The lowest BCUT2D eigenvalue weighted by atomic mass is 10.3. The highest BCUT2D eigenvalue weighted by atomic mass is 28.1. The van der Waals surface area contributed by atoms with Gasteiger partial charge in [-0.15, -0.1) is 5.70 Å². The van der Waals surface area contributed by atoms with E-state index in [0.29, 0.717) is 6.17 Å². The largest absolute Gasteiger partial charge is 0.285 e. The van der Waals surface area contributed by atoms with Crippen molar-refractivity contribution in [1.82, 2.24) is 9.80 Å². The zero-order valence-electron chi connectivity index (χ0n) is 10.5. The number of hydrogen-bond donors (Lipinski definition) is 0. The summed E-state index contributed by atoms with van der Waals surface area (Å²) in [6, 6.07) is 0. The van der Waals surface area contributed by atoms with Crippen LogP contribution in [0.25, 0.3) is 0 Å². The zero-order chi connectivity index (χ0) is 11.0. The van der Waals surface area contributed by atoms with Gasteiger partial charge in [-0.1, -0.05) is 33.8 Å². The van der Waals surface area contributed by atoms with E-state index in [-0.39, 0.29) is 0 Å². The third kappa shape index (κ3) is 3.94. The number of rotatable bonds is 7. The third-order valence-electron chi connectivity index (χ3n) is 2.74. The van der Waals surface area contributed by atoms with Crippen LogP contribution in [-0.4, -0.2) is 52.4 Å². The van der Waals surface area contributed by atoms with E-state index in [9.17, 15) is 0 Å². The number of hydrogen-bond acceptors (Lipinski definition) is 2. The van der Waals surface area contributed by atoms with Gasteiger partial charge in [0.25, 0.3) is 0 Å². The van der Waals surface area contributed by atoms with E-state index in [1.54, 1.807) is 0 Å². The van der Waals surface area contributed by atoms with E-state index in [4.69, 9.17) is 0 Å². The second-order valence-electron chi connectivity index (χ2n) is 3.38. The van der Waals surface area contributed by atoms with Gasteiger partial charge in [0.1, 0.15) is 0 Å². The van der Waals surface area contributed by atoms with E-state index in [0.717, 1.165) is 36.4 Å². The maximum absolute atomic E-state index is 2.50. The minimum absolute atomic E-state index is 0.512. The molecular weight excluding hydrogens is 188 g/mol. The van der Waals surface area contributed by atoms with Gasteiger partial charge in [0.2, 0.25) is 0 Å². The molecule has 0 saturated carbocycles. The van der Waals surface area contributed by atoms with Gasteiger partial charge in [0.05, 0.1) is 6.17 Å². The Balaban J connectivity index is 4.53. The minimum Gasteiger partial charge on any atom is -0.285 e. The molecule has 0 heterocycles. The van der Waals surface area contributed by atoms with Crippen LogP contribution in [0.1, 0.15) is 27.7 Å². The summed E-state index contributed by atoms with van der Waals surface area (Å²) in [6.07, 6.45) is 2.86. The molecule has 0 aliphatic rings. The number of nitrogens with zero attached hydrogens (tertiary/aromatic N) is 2. The topological polar surface area (TPSA) is 6.48 Å². The third-order valence-corrected chi connectivity index (χ3v) is 3.12. The summed E-state index contributed by atoms with van der Waals surface area (Å²) in [7, 11) is 1.15. The van der Waals surface area contributed by atoms with Crippen LogP contribution in [-0.2, 0) is 0 Å². The highest BCUT2D eigenvalue weighted by Crippen LogP contribution is 2.07. The molecule has 2 nitrogen and oxygen atoms in total. The molecule has 0 saturated heterocycles. The molecule has 0 N–H and O–H groups in total. The van der Waals surface area contributed by atoms with Gasteiger partial charge in [-0.3, -0.25) is 9.80 Å². The Morgan fingerprint density at radius 2 is 1.29 bits per heavy atom. The van der Waals surface area contributed by atoms with Crippen LogP contribution in [0.2, 0.25) is 0 Å². The highest BCUT2D eigenvalue weighted by Gasteiger charge is 2.17. The molecule has 0 rings (SSSR count). The molecule has 0 aliphatic carbocycles. The molecule has 0 radical (unpaired) electrons. The molecule has 0 unspecified atom stereocenters. The first-order chi connectivity index (χ1) is 6.74. The van der Waals surface area contributed by atoms with Crippen LogP contribution >= 0.6 is 0 Å². The predicted molar refractivity (Wildman–Crippen MR) is 68.7 cm³/mol. The molecule has 3 heteroatoms. The van der Waals surface area contributed by atoms with Crippen LogP contribution in [0.5, 0.6) is 0 Å². The average Bonchev–Trinajstić information content (AvgIpc) is 2.21. The lowest BCUT2D eigenvalue weighted by Gasteiger charge is -2.36. The Morgan fingerprint density at radius 3 is 1.50 bits per heavy atom. The van der Waals surface area contributed by atoms with Crippen molar-refractivity contribution >= 4 is 10.2 Å². The van der Waals surface area contributed by atoms with Gasteiger partial charge >= 0.3 is 0 Å². The van der Waals surface area contributed by atoms with Gasteiger partial charge in [-0.05, 0) is 26.2 Å². The van der Waals surface area contributed by atoms with Crippen LogP contribution in [0, 0.1) is 0 Å². The molecule has 0 spiro atoms. The molecule has 14 heavy (non-hydrogen) atoms. The Kier molecular flexibility index (Phi) is 8.13. The summed E-state index contributed by atoms with van der Waals surface area (Å²) >= 11 is 0. The monoisotopic (exact) mass is 214 g/mol. The van der Waals surface area contributed by atoms with Crippen molar-refractivity contribution in [2.75, 3.05) is 26.2 Å². The van der Waals surface area contributed by atoms with Gasteiger partial charge < -0.3 is 0 Å². The van der Waals surface area contributed by atoms with Crippen molar-refractivity contribution in [3.05, 3.63) is 11.8 Å². The Bertz CT molecular complexity index is 139. The van der Waals surface area contributed by atoms with E-state index in [1.165, 1.54) is 0 Å². The molecule has 0 aromatic heterocycles. The van der Waals surface area contributed by atoms with Gasteiger partial charge in [0, 0.05) is 10.2 Å². The minimum atomic E-state index is 0.512. The maximum Gasteiger partial charge on any atom is 0.0810 e. The molecular formula is C11H26N2Si. The van der Waals surface area contributed by atoms with Crippen molar-refractivity contribution in [2.24, 2.45) is 0 Å². The zero-order valence-corrected chi connectivity index (χ0v) is 12.5. The number of likely N-dealkylation sites (N-methyl/N-ethyl adjacent to an activating group) is 2. The lowest BCUT2D eigenvalue weighted by Crippen LogP contribution is -2.47. The van der Waals surface area contributed by atoms with E-state index >= 15 is 0 Å². The Hall–Kier alpha value is -0.123. The standard InChI is InChI=1S/C11H26N2Si/c1-5-12(6-2)11(9-10-14)13(7-3)8-4/h9-11H,5-8H2,1-4,14H3. The fraction of sp³-hybridized carbons (Fsp3) is 0.818. The van der Waals surface area contributed by atoms with E-state index < -0.39 is 0 Å².